The van der Waals surface area contributed by atoms with E-state index in [4.69, 9.17) is 4.74 Å². The molecular weight excluding hydrogens is 344 g/mol. The lowest BCUT2D eigenvalue weighted by molar-refractivity contribution is -0.137. The summed E-state index contributed by atoms with van der Waals surface area (Å²) in [5, 5.41) is 4.04. The van der Waals surface area contributed by atoms with Gasteiger partial charge in [0.2, 0.25) is 5.91 Å². The molecule has 0 radical (unpaired) electrons. The molecule has 0 aliphatic carbocycles. The van der Waals surface area contributed by atoms with Crippen molar-refractivity contribution in [1.82, 2.24) is 20.1 Å². The van der Waals surface area contributed by atoms with Crippen LogP contribution >= 0.6 is 0 Å². The highest BCUT2D eigenvalue weighted by Crippen LogP contribution is 2.20. The monoisotopic (exact) mass is 372 g/mol. The maximum atomic E-state index is 13.1. The standard InChI is InChI=1S/C20H28N4O3/c1-3-23(4-2)20(26)22-18(19(25)24-9-11-27-12-10-24)13-15-14-21-17-8-6-5-7-16(15)17/h5-8,14,18,21H,3-4,9-13H2,1-2H3,(H,22,26)/t18-/m0/s1. The van der Waals surface area contributed by atoms with Gasteiger partial charge in [0.1, 0.15) is 6.04 Å². The molecule has 146 valence electrons. The fourth-order valence-corrected chi connectivity index (χ4v) is 3.48. The van der Waals surface area contributed by atoms with Crippen molar-refractivity contribution in [3.63, 3.8) is 0 Å². The molecule has 1 saturated heterocycles. The SMILES string of the molecule is CCN(CC)C(=O)N[C@@H](Cc1c[nH]c2ccccc12)C(=O)N1CCOCC1. The first-order chi connectivity index (χ1) is 13.1. The quantitative estimate of drug-likeness (QED) is 0.814. The average molecular weight is 372 g/mol. The molecule has 0 unspecified atom stereocenters. The van der Waals surface area contributed by atoms with Crippen LogP contribution in [0.25, 0.3) is 10.9 Å². The van der Waals surface area contributed by atoms with Gasteiger partial charge in [-0.15, -0.1) is 0 Å². The van der Waals surface area contributed by atoms with Crippen LogP contribution in [0.3, 0.4) is 0 Å². The maximum absolute atomic E-state index is 13.1. The number of fused-ring (bicyclic) bond motifs is 1. The summed E-state index contributed by atoms with van der Waals surface area (Å²) in [5.74, 6) is -0.0518. The molecule has 7 heteroatoms. The van der Waals surface area contributed by atoms with Gasteiger partial charge in [-0.3, -0.25) is 4.79 Å². The second kappa shape index (κ2) is 8.90. The zero-order chi connectivity index (χ0) is 19.2. The fraction of sp³-hybridized carbons (Fsp3) is 0.500. The normalized spacial score (nSPS) is 15.6. The minimum Gasteiger partial charge on any atom is -0.378 e. The lowest BCUT2D eigenvalue weighted by Gasteiger charge is -2.31. The predicted molar refractivity (Wildman–Crippen MR) is 105 cm³/mol. The summed E-state index contributed by atoms with van der Waals surface area (Å²) in [7, 11) is 0. The Balaban J connectivity index is 1.82. The predicted octanol–water partition coefficient (Wildman–Crippen LogP) is 1.99. The van der Waals surface area contributed by atoms with Crippen molar-refractivity contribution in [2.75, 3.05) is 39.4 Å². The van der Waals surface area contributed by atoms with E-state index >= 15 is 0 Å². The van der Waals surface area contributed by atoms with Gasteiger partial charge in [-0.05, 0) is 25.5 Å². The van der Waals surface area contributed by atoms with Gasteiger partial charge >= 0.3 is 6.03 Å². The molecule has 27 heavy (non-hydrogen) atoms. The lowest BCUT2D eigenvalue weighted by atomic mass is 10.0. The molecule has 7 nitrogen and oxygen atoms in total. The van der Waals surface area contributed by atoms with Gasteiger partial charge < -0.3 is 24.8 Å². The summed E-state index contributed by atoms with van der Waals surface area (Å²) in [4.78, 5) is 32.4. The van der Waals surface area contributed by atoms with Crippen LogP contribution < -0.4 is 5.32 Å². The lowest BCUT2D eigenvalue weighted by Crippen LogP contribution is -2.55. The summed E-state index contributed by atoms with van der Waals surface area (Å²) in [6.07, 6.45) is 2.38. The number of carbonyl (C=O) groups excluding carboxylic acids is 2. The minimum absolute atomic E-state index is 0.0518. The van der Waals surface area contributed by atoms with E-state index in [2.05, 4.69) is 10.3 Å². The Kier molecular flexibility index (Phi) is 6.34. The molecule has 1 aliphatic rings. The van der Waals surface area contributed by atoms with Crippen molar-refractivity contribution in [3.8, 4) is 0 Å². The number of nitrogens with zero attached hydrogens (tertiary/aromatic N) is 2. The molecule has 3 rings (SSSR count). The molecule has 1 aromatic heterocycles. The van der Waals surface area contributed by atoms with Crippen LogP contribution in [-0.2, 0) is 16.0 Å². The van der Waals surface area contributed by atoms with Gasteiger partial charge in [0.25, 0.3) is 0 Å². The van der Waals surface area contributed by atoms with E-state index in [9.17, 15) is 9.59 Å². The number of aromatic nitrogens is 1. The number of nitrogens with one attached hydrogen (secondary N) is 2. The summed E-state index contributed by atoms with van der Waals surface area (Å²) in [5.41, 5.74) is 2.05. The molecule has 1 atom stereocenters. The first-order valence-electron chi connectivity index (χ1n) is 9.61. The van der Waals surface area contributed by atoms with Gasteiger partial charge in [-0.1, -0.05) is 18.2 Å². The fourth-order valence-electron chi connectivity index (χ4n) is 3.48. The molecule has 1 aromatic carbocycles. The average Bonchev–Trinajstić information content (AvgIpc) is 3.11. The number of aromatic amines is 1. The third-order valence-electron chi connectivity index (χ3n) is 5.07. The van der Waals surface area contributed by atoms with Gasteiger partial charge in [-0.2, -0.15) is 0 Å². The molecule has 2 aromatic rings. The highest BCUT2D eigenvalue weighted by Gasteiger charge is 2.29. The van der Waals surface area contributed by atoms with E-state index in [0.29, 0.717) is 45.8 Å². The Bertz CT molecular complexity index is 778. The van der Waals surface area contributed by atoms with Crippen LogP contribution in [0.1, 0.15) is 19.4 Å². The summed E-state index contributed by atoms with van der Waals surface area (Å²) in [6, 6.07) is 7.19. The van der Waals surface area contributed by atoms with Crippen LogP contribution in [-0.4, -0.2) is 72.2 Å². The zero-order valence-corrected chi connectivity index (χ0v) is 16.0. The topological polar surface area (TPSA) is 77.7 Å². The Morgan fingerprint density at radius 1 is 1.22 bits per heavy atom. The molecule has 0 spiro atoms. The number of para-hydroxylation sites is 1. The molecule has 1 aliphatic heterocycles. The van der Waals surface area contributed by atoms with Gasteiger partial charge in [0.15, 0.2) is 0 Å². The van der Waals surface area contributed by atoms with Gasteiger partial charge in [0.05, 0.1) is 13.2 Å². The maximum Gasteiger partial charge on any atom is 0.318 e. The highest BCUT2D eigenvalue weighted by molar-refractivity contribution is 5.89. The van der Waals surface area contributed by atoms with Crippen LogP contribution in [0.5, 0.6) is 0 Å². The van der Waals surface area contributed by atoms with Crippen LogP contribution in [0.15, 0.2) is 30.5 Å². The second-order valence-corrected chi connectivity index (χ2v) is 6.68. The number of amides is 3. The van der Waals surface area contributed by atoms with Crippen molar-refractivity contribution >= 4 is 22.8 Å². The van der Waals surface area contributed by atoms with E-state index in [-0.39, 0.29) is 11.9 Å². The Labute approximate surface area is 159 Å². The van der Waals surface area contributed by atoms with Crippen molar-refractivity contribution in [3.05, 3.63) is 36.0 Å². The van der Waals surface area contributed by atoms with Gasteiger partial charge in [-0.25, -0.2) is 4.79 Å². The molecule has 0 saturated carbocycles. The highest BCUT2D eigenvalue weighted by atomic mass is 16.5. The van der Waals surface area contributed by atoms with Crippen LogP contribution in [0, 0.1) is 0 Å². The van der Waals surface area contributed by atoms with E-state index in [1.165, 1.54) is 0 Å². The molecular formula is C20H28N4O3. The van der Waals surface area contributed by atoms with Gasteiger partial charge in [0, 0.05) is 49.7 Å². The molecule has 2 heterocycles. The minimum atomic E-state index is -0.601. The smallest absolute Gasteiger partial charge is 0.318 e. The summed E-state index contributed by atoms with van der Waals surface area (Å²) < 4.78 is 5.35. The number of urea groups is 1. The third kappa shape index (κ3) is 4.42. The van der Waals surface area contributed by atoms with E-state index in [0.717, 1.165) is 16.5 Å². The largest absolute Gasteiger partial charge is 0.378 e. The first-order valence-corrected chi connectivity index (χ1v) is 9.61. The second-order valence-electron chi connectivity index (χ2n) is 6.68. The van der Waals surface area contributed by atoms with E-state index < -0.39 is 6.04 Å². The van der Waals surface area contributed by atoms with E-state index in [1.54, 1.807) is 9.80 Å². The van der Waals surface area contributed by atoms with E-state index in [1.807, 2.05) is 44.3 Å². The number of benzene rings is 1. The van der Waals surface area contributed by atoms with Crippen LogP contribution in [0.2, 0.25) is 0 Å². The Hall–Kier alpha value is -2.54. The van der Waals surface area contributed by atoms with Crippen molar-refractivity contribution in [1.29, 1.82) is 0 Å². The third-order valence-corrected chi connectivity index (χ3v) is 5.07. The number of ether oxygens (including phenoxy) is 1. The van der Waals surface area contributed by atoms with Crippen LogP contribution in [0.4, 0.5) is 4.79 Å². The Morgan fingerprint density at radius 2 is 1.93 bits per heavy atom. The molecule has 2 N–H and O–H groups in total. The zero-order valence-electron chi connectivity index (χ0n) is 16.0. The number of carbonyl (C=O) groups is 2. The number of hydrogen-bond acceptors (Lipinski definition) is 3. The molecule has 3 amide bonds. The Morgan fingerprint density at radius 3 is 2.63 bits per heavy atom. The van der Waals surface area contributed by atoms with Crippen molar-refractivity contribution in [2.24, 2.45) is 0 Å². The van der Waals surface area contributed by atoms with Crippen molar-refractivity contribution in [2.45, 2.75) is 26.3 Å². The number of H-pyrrole nitrogens is 1. The number of hydrogen-bond donors (Lipinski definition) is 2. The summed E-state index contributed by atoms with van der Waals surface area (Å²) >= 11 is 0. The molecule has 0 bridgehead atoms. The number of rotatable bonds is 6. The van der Waals surface area contributed by atoms with Crippen molar-refractivity contribution < 1.29 is 14.3 Å². The summed E-state index contributed by atoms with van der Waals surface area (Å²) in [6.45, 7) is 7.27. The number of morpholine rings is 1. The molecule has 1 fully saturated rings. The first kappa shape index (κ1) is 19.2.